The number of likely N-dealkylation sites (tertiary alicyclic amines) is 1. The van der Waals surface area contributed by atoms with Crippen LogP contribution in [-0.4, -0.2) is 29.8 Å². The van der Waals surface area contributed by atoms with Crippen LogP contribution in [0.25, 0.3) is 0 Å². The summed E-state index contributed by atoms with van der Waals surface area (Å²) in [6.45, 7) is 1.46. The molecule has 0 spiro atoms. The number of amides is 2. The highest BCUT2D eigenvalue weighted by Gasteiger charge is 2.20. The van der Waals surface area contributed by atoms with Gasteiger partial charge in [0, 0.05) is 30.4 Å². The average molecular weight is 330 g/mol. The Bertz CT molecular complexity index is 786. The first-order valence-electron chi connectivity index (χ1n) is 7.70. The van der Waals surface area contributed by atoms with Crippen LogP contribution < -0.4 is 5.32 Å². The number of hydrogen-bond acceptors (Lipinski definition) is 2. The molecule has 1 saturated heterocycles. The van der Waals surface area contributed by atoms with Crippen molar-refractivity contribution >= 4 is 17.5 Å². The smallest absolute Gasteiger partial charge is 0.258 e. The highest BCUT2D eigenvalue weighted by atomic mass is 19.1. The molecule has 1 aliphatic rings. The molecule has 24 heavy (non-hydrogen) atoms. The first kappa shape index (κ1) is 16.1. The van der Waals surface area contributed by atoms with Gasteiger partial charge >= 0.3 is 0 Å². The zero-order valence-electron chi connectivity index (χ0n) is 12.9. The Kier molecular flexibility index (Phi) is 4.55. The minimum Gasteiger partial charge on any atom is -0.339 e. The fourth-order valence-electron chi connectivity index (χ4n) is 2.70. The number of carbonyl (C=O) groups is 2. The molecule has 1 fully saturated rings. The van der Waals surface area contributed by atoms with E-state index in [2.05, 4.69) is 5.32 Å². The van der Waals surface area contributed by atoms with Crippen LogP contribution in [0.2, 0.25) is 0 Å². The van der Waals surface area contributed by atoms with E-state index in [-0.39, 0.29) is 11.5 Å². The Labute approximate surface area is 138 Å². The second-order valence-electron chi connectivity index (χ2n) is 5.66. The van der Waals surface area contributed by atoms with Gasteiger partial charge in [-0.25, -0.2) is 8.78 Å². The summed E-state index contributed by atoms with van der Waals surface area (Å²) >= 11 is 0. The van der Waals surface area contributed by atoms with Crippen molar-refractivity contribution in [3.63, 3.8) is 0 Å². The van der Waals surface area contributed by atoms with Crippen LogP contribution in [0.5, 0.6) is 0 Å². The van der Waals surface area contributed by atoms with Gasteiger partial charge < -0.3 is 10.2 Å². The molecule has 0 radical (unpaired) electrons. The Balaban J connectivity index is 1.76. The summed E-state index contributed by atoms with van der Waals surface area (Å²) in [5.41, 5.74) is 0.593. The third-order valence-corrected chi connectivity index (χ3v) is 3.94. The zero-order chi connectivity index (χ0) is 17.1. The minimum atomic E-state index is -0.934. The summed E-state index contributed by atoms with van der Waals surface area (Å²) < 4.78 is 26.6. The van der Waals surface area contributed by atoms with Crippen molar-refractivity contribution < 1.29 is 18.4 Å². The molecule has 1 heterocycles. The monoisotopic (exact) mass is 330 g/mol. The van der Waals surface area contributed by atoms with E-state index < -0.39 is 17.5 Å². The lowest BCUT2D eigenvalue weighted by atomic mass is 10.1. The summed E-state index contributed by atoms with van der Waals surface area (Å²) in [6.07, 6.45) is 1.98. The fraction of sp³-hybridized carbons (Fsp3) is 0.222. The van der Waals surface area contributed by atoms with Crippen LogP contribution in [0.3, 0.4) is 0 Å². The normalized spacial score (nSPS) is 13.8. The summed E-state index contributed by atoms with van der Waals surface area (Å²) in [5, 5.41) is 2.53. The van der Waals surface area contributed by atoms with Crippen LogP contribution in [0.4, 0.5) is 14.5 Å². The molecule has 0 aromatic heterocycles. The van der Waals surface area contributed by atoms with E-state index in [0.717, 1.165) is 38.1 Å². The SMILES string of the molecule is O=C(Nc1cccc(C(=O)N2CCCC2)c1)c1ccc(F)cc1F. The van der Waals surface area contributed by atoms with E-state index >= 15 is 0 Å². The minimum absolute atomic E-state index is 0.0865. The number of carbonyl (C=O) groups excluding carboxylic acids is 2. The van der Waals surface area contributed by atoms with Gasteiger partial charge in [0.15, 0.2) is 0 Å². The average Bonchev–Trinajstić information content (AvgIpc) is 3.08. The van der Waals surface area contributed by atoms with E-state index in [0.29, 0.717) is 17.3 Å². The van der Waals surface area contributed by atoms with Crippen LogP contribution >= 0.6 is 0 Å². The highest BCUT2D eigenvalue weighted by molar-refractivity contribution is 6.05. The number of halogens is 2. The van der Waals surface area contributed by atoms with Crippen LogP contribution in [0, 0.1) is 11.6 Å². The predicted octanol–water partition coefficient (Wildman–Crippen LogP) is 3.45. The largest absolute Gasteiger partial charge is 0.339 e. The van der Waals surface area contributed by atoms with Gasteiger partial charge in [-0.1, -0.05) is 6.07 Å². The van der Waals surface area contributed by atoms with Gasteiger partial charge in [-0.3, -0.25) is 9.59 Å². The molecule has 2 aromatic rings. The number of nitrogens with one attached hydrogen (secondary N) is 1. The molecule has 3 rings (SSSR count). The quantitative estimate of drug-likeness (QED) is 0.937. The summed E-state index contributed by atoms with van der Waals surface area (Å²) in [7, 11) is 0. The molecule has 4 nitrogen and oxygen atoms in total. The maximum Gasteiger partial charge on any atom is 0.258 e. The standard InChI is InChI=1S/C18H16F2N2O2/c19-13-6-7-15(16(20)11-13)17(23)21-14-5-3-4-12(10-14)18(24)22-8-1-2-9-22/h3-7,10-11H,1-2,8-9H2,(H,21,23). The lowest BCUT2D eigenvalue weighted by Crippen LogP contribution is -2.27. The lowest BCUT2D eigenvalue weighted by Gasteiger charge is -2.15. The Morgan fingerprint density at radius 2 is 1.75 bits per heavy atom. The van der Waals surface area contributed by atoms with E-state index in [1.165, 1.54) is 0 Å². The fourth-order valence-corrected chi connectivity index (χ4v) is 2.70. The van der Waals surface area contributed by atoms with Gasteiger partial charge in [-0.2, -0.15) is 0 Å². The third kappa shape index (κ3) is 3.42. The van der Waals surface area contributed by atoms with Crippen molar-refractivity contribution in [2.75, 3.05) is 18.4 Å². The Morgan fingerprint density at radius 3 is 2.46 bits per heavy atom. The van der Waals surface area contributed by atoms with E-state index in [1.54, 1.807) is 29.2 Å². The maximum atomic E-state index is 13.7. The first-order valence-corrected chi connectivity index (χ1v) is 7.70. The summed E-state index contributed by atoms with van der Waals surface area (Å²) in [6, 6.07) is 9.25. The van der Waals surface area contributed by atoms with Gasteiger partial charge in [0.2, 0.25) is 0 Å². The Hall–Kier alpha value is -2.76. The predicted molar refractivity (Wildman–Crippen MR) is 85.9 cm³/mol. The van der Waals surface area contributed by atoms with Gasteiger partial charge in [-0.05, 0) is 43.2 Å². The van der Waals surface area contributed by atoms with Crippen LogP contribution in [-0.2, 0) is 0 Å². The molecule has 0 aliphatic carbocycles. The van der Waals surface area contributed by atoms with Crippen molar-refractivity contribution in [1.82, 2.24) is 4.90 Å². The zero-order valence-corrected chi connectivity index (χ0v) is 12.9. The van der Waals surface area contributed by atoms with Gasteiger partial charge in [0.1, 0.15) is 11.6 Å². The van der Waals surface area contributed by atoms with E-state index in [9.17, 15) is 18.4 Å². The number of rotatable bonds is 3. The van der Waals surface area contributed by atoms with Gasteiger partial charge in [0.25, 0.3) is 11.8 Å². The van der Waals surface area contributed by atoms with Gasteiger partial charge in [0.05, 0.1) is 5.56 Å². The first-order chi connectivity index (χ1) is 11.5. The van der Waals surface area contributed by atoms with Crippen molar-refractivity contribution in [3.05, 3.63) is 65.2 Å². The van der Waals surface area contributed by atoms with Crippen LogP contribution in [0.1, 0.15) is 33.6 Å². The molecule has 0 bridgehead atoms. The number of hydrogen-bond donors (Lipinski definition) is 1. The molecule has 1 N–H and O–H groups in total. The molecule has 0 saturated carbocycles. The molecule has 0 atom stereocenters. The number of anilines is 1. The molecule has 124 valence electrons. The van der Waals surface area contributed by atoms with Crippen LogP contribution in [0.15, 0.2) is 42.5 Å². The van der Waals surface area contributed by atoms with E-state index in [4.69, 9.17) is 0 Å². The molecule has 0 unspecified atom stereocenters. The lowest BCUT2D eigenvalue weighted by molar-refractivity contribution is 0.0792. The summed E-state index contributed by atoms with van der Waals surface area (Å²) in [5.74, 6) is -2.46. The second kappa shape index (κ2) is 6.78. The molecule has 6 heteroatoms. The van der Waals surface area contributed by atoms with Crippen molar-refractivity contribution in [2.24, 2.45) is 0 Å². The van der Waals surface area contributed by atoms with Crippen molar-refractivity contribution in [3.8, 4) is 0 Å². The van der Waals surface area contributed by atoms with Crippen molar-refractivity contribution in [2.45, 2.75) is 12.8 Å². The summed E-state index contributed by atoms with van der Waals surface area (Å²) in [4.78, 5) is 26.2. The number of benzene rings is 2. The maximum absolute atomic E-state index is 13.7. The topological polar surface area (TPSA) is 49.4 Å². The number of nitrogens with zero attached hydrogens (tertiary/aromatic N) is 1. The van der Waals surface area contributed by atoms with E-state index in [1.807, 2.05) is 0 Å². The molecular formula is C18H16F2N2O2. The second-order valence-corrected chi connectivity index (χ2v) is 5.66. The Morgan fingerprint density at radius 1 is 1.00 bits per heavy atom. The molecule has 1 aliphatic heterocycles. The third-order valence-electron chi connectivity index (χ3n) is 3.94. The van der Waals surface area contributed by atoms with Gasteiger partial charge in [-0.15, -0.1) is 0 Å². The van der Waals surface area contributed by atoms with Crippen molar-refractivity contribution in [1.29, 1.82) is 0 Å². The molecule has 2 aromatic carbocycles. The highest BCUT2D eigenvalue weighted by Crippen LogP contribution is 2.18. The molecular weight excluding hydrogens is 314 g/mol. The molecule has 2 amide bonds.